The maximum atomic E-state index is 4.38. The molecule has 1 heteroatoms. The summed E-state index contributed by atoms with van der Waals surface area (Å²) in [4.78, 5) is 4.38. The molecule has 0 N–H and O–H groups in total. The maximum Gasteiger partial charge on any atom is 0.0600 e. The van der Waals surface area contributed by atoms with Gasteiger partial charge in [0.05, 0.1) is 5.71 Å². The van der Waals surface area contributed by atoms with Gasteiger partial charge in [0.2, 0.25) is 0 Å². The molecule has 0 atom stereocenters. The van der Waals surface area contributed by atoms with E-state index in [0.717, 1.165) is 6.54 Å². The fraction of sp³-hybridized carbons (Fsp3) is 0.444. The van der Waals surface area contributed by atoms with Crippen molar-refractivity contribution in [3.05, 3.63) is 23.8 Å². The van der Waals surface area contributed by atoms with Gasteiger partial charge < -0.3 is 0 Å². The van der Waals surface area contributed by atoms with E-state index in [1.165, 1.54) is 30.5 Å². The lowest BCUT2D eigenvalue weighted by Crippen LogP contribution is -1.89. The van der Waals surface area contributed by atoms with E-state index in [2.05, 4.69) is 23.2 Å². The van der Waals surface area contributed by atoms with Crippen LogP contribution in [0, 0.1) is 0 Å². The summed E-state index contributed by atoms with van der Waals surface area (Å²) in [5.41, 5.74) is 2.70. The van der Waals surface area contributed by atoms with Gasteiger partial charge in [0, 0.05) is 6.54 Å². The van der Waals surface area contributed by atoms with Crippen molar-refractivity contribution < 1.29 is 0 Å². The summed E-state index contributed by atoms with van der Waals surface area (Å²) in [6.07, 6.45) is 10.2. The monoisotopic (exact) mass is 133 g/mol. The van der Waals surface area contributed by atoms with Gasteiger partial charge in [-0.3, -0.25) is 4.99 Å². The molecule has 0 spiro atoms. The van der Waals surface area contributed by atoms with Crippen LogP contribution < -0.4 is 0 Å². The van der Waals surface area contributed by atoms with Crippen molar-refractivity contribution in [3.8, 4) is 0 Å². The number of fused-ring (bicyclic) bond motifs is 1. The zero-order valence-corrected chi connectivity index (χ0v) is 6.01. The summed E-state index contributed by atoms with van der Waals surface area (Å²) in [5, 5.41) is 0. The van der Waals surface area contributed by atoms with Crippen LogP contribution in [-0.4, -0.2) is 12.3 Å². The Morgan fingerprint density at radius 1 is 1.30 bits per heavy atom. The second-order valence-corrected chi connectivity index (χ2v) is 2.73. The van der Waals surface area contributed by atoms with Crippen LogP contribution in [0.1, 0.15) is 19.3 Å². The van der Waals surface area contributed by atoms with E-state index in [1.54, 1.807) is 0 Å². The van der Waals surface area contributed by atoms with Crippen molar-refractivity contribution in [1.29, 1.82) is 0 Å². The number of hydrogen-bond donors (Lipinski definition) is 0. The van der Waals surface area contributed by atoms with Gasteiger partial charge in [0.25, 0.3) is 0 Å². The first-order valence-corrected chi connectivity index (χ1v) is 3.87. The van der Waals surface area contributed by atoms with Gasteiger partial charge in [-0.2, -0.15) is 0 Å². The third-order valence-electron chi connectivity index (χ3n) is 1.99. The van der Waals surface area contributed by atoms with Crippen LogP contribution in [0.2, 0.25) is 0 Å². The van der Waals surface area contributed by atoms with Crippen LogP contribution in [0.4, 0.5) is 0 Å². The van der Waals surface area contributed by atoms with Crippen LogP contribution in [0.5, 0.6) is 0 Å². The molecule has 10 heavy (non-hydrogen) atoms. The standard InChI is InChI=1S/C9H11N/c1-2-4-8-6-7-10-9(8)5-3-1/h3-5H,1-2,6-7H2. The quantitative estimate of drug-likeness (QED) is 0.480. The Bertz CT molecular complexity index is 221. The predicted molar refractivity (Wildman–Crippen MR) is 43.4 cm³/mol. The molecule has 0 saturated heterocycles. The maximum absolute atomic E-state index is 4.38. The number of aliphatic imine (C=N–C) groups is 1. The van der Waals surface area contributed by atoms with Crippen molar-refractivity contribution >= 4 is 5.71 Å². The highest BCUT2D eigenvalue weighted by Crippen LogP contribution is 2.17. The van der Waals surface area contributed by atoms with E-state index >= 15 is 0 Å². The van der Waals surface area contributed by atoms with Crippen molar-refractivity contribution in [3.63, 3.8) is 0 Å². The van der Waals surface area contributed by atoms with Crippen LogP contribution in [0.25, 0.3) is 0 Å². The molecule has 0 bridgehead atoms. The molecule has 2 rings (SSSR count). The van der Waals surface area contributed by atoms with E-state index in [-0.39, 0.29) is 0 Å². The number of hydrogen-bond acceptors (Lipinski definition) is 1. The van der Waals surface area contributed by atoms with Crippen LogP contribution >= 0.6 is 0 Å². The Hall–Kier alpha value is -0.850. The first-order chi connectivity index (χ1) is 4.97. The SMILES string of the molecule is C1=CC2=NCCC2=CCC1. The molecule has 1 aliphatic heterocycles. The molecule has 1 heterocycles. The molecule has 0 amide bonds. The van der Waals surface area contributed by atoms with Gasteiger partial charge in [0.1, 0.15) is 0 Å². The summed E-state index contributed by atoms with van der Waals surface area (Å²) in [6, 6.07) is 0. The van der Waals surface area contributed by atoms with Gasteiger partial charge in [0.15, 0.2) is 0 Å². The first-order valence-electron chi connectivity index (χ1n) is 3.87. The molecular formula is C9H11N. The highest BCUT2D eigenvalue weighted by atomic mass is 14.8. The summed E-state index contributed by atoms with van der Waals surface area (Å²) < 4.78 is 0. The van der Waals surface area contributed by atoms with Crippen molar-refractivity contribution in [1.82, 2.24) is 0 Å². The lowest BCUT2D eigenvalue weighted by Gasteiger charge is -1.92. The minimum absolute atomic E-state index is 1.01. The minimum Gasteiger partial charge on any atom is -0.285 e. The minimum atomic E-state index is 1.01. The van der Waals surface area contributed by atoms with Crippen molar-refractivity contribution in [2.75, 3.05) is 6.54 Å². The van der Waals surface area contributed by atoms with E-state index < -0.39 is 0 Å². The molecule has 0 radical (unpaired) electrons. The normalized spacial score (nSPS) is 23.2. The Morgan fingerprint density at radius 3 is 3.30 bits per heavy atom. The highest BCUT2D eigenvalue weighted by molar-refractivity contribution is 6.09. The van der Waals surface area contributed by atoms with Crippen LogP contribution in [0.15, 0.2) is 28.8 Å². The molecule has 0 aromatic rings. The van der Waals surface area contributed by atoms with E-state index in [1.807, 2.05) is 0 Å². The van der Waals surface area contributed by atoms with E-state index in [0.29, 0.717) is 0 Å². The van der Waals surface area contributed by atoms with Gasteiger partial charge in [-0.15, -0.1) is 0 Å². The van der Waals surface area contributed by atoms with E-state index in [4.69, 9.17) is 0 Å². The van der Waals surface area contributed by atoms with Gasteiger partial charge in [-0.1, -0.05) is 12.2 Å². The number of nitrogens with zero attached hydrogens (tertiary/aromatic N) is 1. The Labute approximate surface area is 61.2 Å². The second kappa shape index (κ2) is 2.41. The molecule has 1 aliphatic carbocycles. The third-order valence-corrected chi connectivity index (χ3v) is 1.99. The average molecular weight is 133 g/mol. The molecule has 0 aromatic heterocycles. The number of rotatable bonds is 0. The molecule has 2 aliphatic rings. The molecular weight excluding hydrogens is 122 g/mol. The fourth-order valence-electron chi connectivity index (χ4n) is 1.44. The molecule has 52 valence electrons. The number of allylic oxidation sites excluding steroid dienone is 3. The Kier molecular flexibility index (Phi) is 1.42. The lowest BCUT2D eigenvalue weighted by molar-refractivity contribution is 1.00. The summed E-state index contributed by atoms with van der Waals surface area (Å²) in [7, 11) is 0. The predicted octanol–water partition coefficient (Wildman–Crippen LogP) is 2.11. The molecule has 0 fully saturated rings. The zero-order chi connectivity index (χ0) is 6.81. The van der Waals surface area contributed by atoms with E-state index in [9.17, 15) is 0 Å². The lowest BCUT2D eigenvalue weighted by atomic mass is 10.1. The average Bonchev–Trinajstić information content (AvgIpc) is 2.28. The Morgan fingerprint density at radius 2 is 2.30 bits per heavy atom. The Balaban J connectivity index is 2.34. The molecule has 0 saturated carbocycles. The van der Waals surface area contributed by atoms with Crippen molar-refractivity contribution in [2.45, 2.75) is 19.3 Å². The largest absolute Gasteiger partial charge is 0.285 e. The van der Waals surface area contributed by atoms with Crippen LogP contribution in [-0.2, 0) is 0 Å². The summed E-state index contributed by atoms with van der Waals surface area (Å²) in [6.45, 7) is 1.01. The van der Waals surface area contributed by atoms with Gasteiger partial charge >= 0.3 is 0 Å². The highest BCUT2D eigenvalue weighted by Gasteiger charge is 2.10. The third kappa shape index (κ3) is 0.919. The van der Waals surface area contributed by atoms with Crippen LogP contribution in [0.3, 0.4) is 0 Å². The molecule has 0 aromatic carbocycles. The second-order valence-electron chi connectivity index (χ2n) is 2.73. The fourth-order valence-corrected chi connectivity index (χ4v) is 1.44. The summed E-state index contributed by atoms with van der Waals surface area (Å²) in [5.74, 6) is 0. The smallest absolute Gasteiger partial charge is 0.0600 e. The van der Waals surface area contributed by atoms with Gasteiger partial charge in [-0.05, 0) is 30.9 Å². The van der Waals surface area contributed by atoms with Crippen molar-refractivity contribution in [2.24, 2.45) is 4.99 Å². The topological polar surface area (TPSA) is 12.4 Å². The summed E-state index contributed by atoms with van der Waals surface area (Å²) >= 11 is 0. The molecule has 0 unspecified atom stereocenters. The first kappa shape index (κ1) is 5.90. The van der Waals surface area contributed by atoms with Gasteiger partial charge in [-0.25, -0.2) is 0 Å². The zero-order valence-electron chi connectivity index (χ0n) is 6.01. The molecule has 1 nitrogen and oxygen atoms in total.